The van der Waals surface area contributed by atoms with Crippen molar-refractivity contribution >= 4 is 23.6 Å². The first-order valence-corrected chi connectivity index (χ1v) is 7.81. The van der Waals surface area contributed by atoms with Crippen LogP contribution in [0.4, 0.5) is 4.39 Å². The van der Waals surface area contributed by atoms with Gasteiger partial charge in [0, 0.05) is 13.0 Å². The number of ether oxygens (including phenoxy) is 4. The average molecular weight is 357 g/mol. The van der Waals surface area contributed by atoms with E-state index >= 15 is 0 Å². The highest BCUT2D eigenvalue weighted by atomic mass is 35.5. The van der Waals surface area contributed by atoms with Crippen molar-refractivity contribution in [3.63, 3.8) is 0 Å². The van der Waals surface area contributed by atoms with E-state index in [2.05, 4.69) is 0 Å². The summed E-state index contributed by atoms with van der Waals surface area (Å²) in [7, 11) is 0. The predicted octanol–water partition coefficient (Wildman–Crippen LogP) is 4.14. The summed E-state index contributed by atoms with van der Waals surface area (Å²) in [5, 5.41) is -0.141. The number of hydrogen-bond acceptors (Lipinski definition) is 5. The van der Waals surface area contributed by atoms with E-state index in [0.717, 1.165) is 6.08 Å². The molecule has 5 nitrogen and oxygen atoms in total. The first-order valence-electron chi connectivity index (χ1n) is 7.43. The minimum atomic E-state index is -1.20. The Morgan fingerprint density at radius 2 is 2.00 bits per heavy atom. The molecule has 1 heterocycles. The van der Waals surface area contributed by atoms with E-state index in [1.54, 1.807) is 20.8 Å². The molecule has 1 aliphatic heterocycles. The van der Waals surface area contributed by atoms with E-state index in [1.165, 1.54) is 24.7 Å². The van der Waals surface area contributed by atoms with Crippen molar-refractivity contribution in [3.05, 3.63) is 46.6 Å². The number of halogens is 2. The van der Waals surface area contributed by atoms with Gasteiger partial charge in [-0.3, -0.25) is 0 Å². The first kappa shape index (κ1) is 18.1. The summed E-state index contributed by atoms with van der Waals surface area (Å²) >= 11 is 6.00. The van der Waals surface area contributed by atoms with E-state index in [-0.39, 0.29) is 29.5 Å². The summed E-state index contributed by atoms with van der Waals surface area (Å²) in [4.78, 5) is 11.5. The third kappa shape index (κ3) is 3.64. The highest BCUT2D eigenvalue weighted by Gasteiger charge is 2.37. The molecule has 0 unspecified atom stereocenters. The fraction of sp³-hybridized carbons (Fsp3) is 0.353. The SMILES string of the molecule is CCOC(=O)/C=C/c1c(F)c(Cl)cc(C2(C)OC=CO2)c1OCC. The van der Waals surface area contributed by atoms with Crippen LogP contribution in [0.15, 0.2) is 24.7 Å². The first-order chi connectivity index (χ1) is 11.4. The van der Waals surface area contributed by atoms with Crippen molar-refractivity contribution in [1.82, 2.24) is 0 Å². The molecule has 2 rings (SSSR count). The van der Waals surface area contributed by atoms with Gasteiger partial charge in [-0.15, -0.1) is 0 Å². The monoisotopic (exact) mass is 356 g/mol. The second kappa shape index (κ2) is 7.57. The fourth-order valence-electron chi connectivity index (χ4n) is 2.23. The summed E-state index contributed by atoms with van der Waals surface area (Å²) in [6.07, 6.45) is 5.13. The molecule has 1 aromatic carbocycles. The zero-order chi connectivity index (χ0) is 17.7. The summed E-state index contributed by atoms with van der Waals surface area (Å²) in [5.41, 5.74) is 0.428. The Labute approximate surface area is 144 Å². The summed E-state index contributed by atoms with van der Waals surface area (Å²) < 4.78 is 35.8. The lowest BCUT2D eigenvalue weighted by Gasteiger charge is -2.27. The van der Waals surface area contributed by atoms with Gasteiger partial charge in [-0.2, -0.15) is 0 Å². The molecule has 0 bridgehead atoms. The van der Waals surface area contributed by atoms with Crippen LogP contribution in [0.1, 0.15) is 31.9 Å². The van der Waals surface area contributed by atoms with E-state index in [0.29, 0.717) is 5.56 Å². The lowest BCUT2D eigenvalue weighted by molar-refractivity contribution is -0.137. The number of esters is 1. The molecule has 0 spiro atoms. The molecule has 130 valence electrons. The maximum Gasteiger partial charge on any atom is 0.330 e. The number of rotatable bonds is 6. The standard InChI is InChI=1S/C17H18ClFO5/c1-4-21-14(20)7-6-11-15(19)13(18)10-12(16(11)22-5-2)17(3)23-8-9-24-17/h6-10H,4-5H2,1-3H3/b7-6+. The highest BCUT2D eigenvalue weighted by Crippen LogP contribution is 2.42. The molecular formula is C17H18ClFO5. The Kier molecular flexibility index (Phi) is 5.72. The topological polar surface area (TPSA) is 54.0 Å². The second-order valence-corrected chi connectivity index (χ2v) is 5.34. The van der Waals surface area contributed by atoms with Crippen molar-refractivity contribution in [2.24, 2.45) is 0 Å². The summed E-state index contributed by atoms with van der Waals surface area (Å²) in [5.74, 6) is -2.32. The van der Waals surface area contributed by atoms with Crippen LogP contribution in [0.5, 0.6) is 5.75 Å². The number of benzene rings is 1. The van der Waals surface area contributed by atoms with Gasteiger partial charge in [-0.1, -0.05) is 11.6 Å². The lowest BCUT2D eigenvalue weighted by Crippen LogP contribution is -2.24. The third-order valence-corrected chi connectivity index (χ3v) is 3.57. The van der Waals surface area contributed by atoms with Crippen LogP contribution in [-0.4, -0.2) is 19.2 Å². The van der Waals surface area contributed by atoms with E-state index in [9.17, 15) is 9.18 Å². The van der Waals surface area contributed by atoms with E-state index in [1.807, 2.05) is 0 Å². The van der Waals surface area contributed by atoms with Gasteiger partial charge < -0.3 is 18.9 Å². The van der Waals surface area contributed by atoms with Gasteiger partial charge >= 0.3 is 5.97 Å². The molecule has 0 aliphatic carbocycles. The molecule has 0 aromatic heterocycles. The maximum absolute atomic E-state index is 14.5. The Morgan fingerprint density at radius 3 is 2.58 bits per heavy atom. The largest absolute Gasteiger partial charge is 0.493 e. The molecule has 0 radical (unpaired) electrons. The third-order valence-electron chi connectivity index (χ3n) is 3.30. The van der Waals surface area contributed by atoms with Crippen LogP contribution in [0.25, 0.3) is 6.08 Å². The Morgan fingerprint density at radius 1 is 1.33 bits per heavy atom. The molecule has 0 saturated heterocycles. The minimum Gasteiger partial charge on any atom is -0.493 e. The fourth-order valence-corrected chi connectivity index (χ4v) is 2.44. The molecule has 7 heteroatoms. The van der Waals surface area contributed by atoms with Gasteiger partial charge in [-0.25, -0.2) is 9.18 Å². The summed E-state index contributed by atoms with van der Waals surface area (Å²) in [6.45, 7) is 5.58. The van der Waals surface area contributed by atoms with Crippen LogP contribution in [-0.2, 0) is 24.8 Å². The van der Waals surface area contributed by atoms with Gasteiger partial charge in [0.2, 0.25) is 0 Å². The van der Waals surface area contributed by atoms with Crippen molar-refractivity contribution in [1.29, 1.82) is 0 Å². The van der Waals surface area contributed by atoms with Crippen LogP contribution in [0.2, 0.25) is 5.02 Å². The van der Waals surface area contributed by atoms with Crippen LogP contribution in [0.3, 0.4) is 0 Å². The molecule has 1 aromatic rings. The highest BCUT2D eigenvalue weighted by molar-refractivity contribution is 6.31. The molecule has 0 saturated carbocycles. The molecular weight excluding hydrogens is 339 g/mol. The Balaban J connectivity index is 2.55. The summed E-state index contributed by atoms with van der Waals surface area (Å²) in [6, 6.07) is 1.39. The van der Waals surface area contributed by atoms with Gasteiger partial charge in [0.1, 0.15) is 18.3 Å². The minimum absolute atomic E-state index is 0.0210. The van der Waals surface area contributed by atoms with Crippen LogP contribution in [0, 0.1) is 5.82 Å². The van der Waals surface area contributed by atoms with Gasteiger partial charge in [0.25, 0.3) is 5.79 Å². The number of carbonyl (C=O) groups is 1. The number of carbonyl (C=O) groups excluding carboxylic acids is 1. The van der Waals surface area contributed by atoms with Crippen molar-refractivity contribution in [2.75, 3.05) is 13.2 Å². The van der Waals surface area contributed by atoms with E-state index < -0.39 is 17.6 Å². The maximum atomic E-state index is 14.5. The van der Waals surface area contributed by atoms with Crippen LogP contribution < -0.4 is 4.74 Å². The van der Waals surface area contributed by atoms with Gasteiger partial charge in [0.15, 0.2) is 5.82 Å². The molecule has 0 amide bonds. The zero-order valence-corrected chi connectivity index (χ0v) is 14.4. The van der Waals surface area contributed by atoms with Crippen LogP contribution >= 0.6 is 11.6 Å². The van der Waals surface area contributed by atoms with E-state index in [4.69, 9.17) is 30.5 Å². The molecule has 0 N–H and O–H groups in total. The lowest BCUT2D eigenvalue weighted by atomic mass is 10.0. The van der Waals surface area contributed by atoms with Gasteiger partial charge in [0.05, 0.1) is 29.4 Å². The number of hydrogen-bond donors (Lipinski definition) is 0. The smallest absolute Gasteiger partial charge is 0.330 e. The predicted molar refractivity (Wildman–Crippen MR) is 86.9 cm³/mol. The normalized spacial score (nSPS) is 15.2. The van der Waals surface area contributed by atoms with Gasteiger partial charge in [-0.05, 0) is 26.0 Å². The zero-order valence-electron chi connectivity index (χ0n) is 13.6. The molecule has 1 aliphatic rings. The van der Waals surface area contributed by atoms with Crippen molar-refractivity contribution in [3.8, 4) is 5.75 Å². The molecule has 0 fully saturated rings. The van der Waals surface area contributed by atoms with Crippen molar-refractivity contribution in [2.45, 2.75) is 26.6 Å². The Hall–Kier alpha value is -2.21. The quantitative estimate of drug-likeness (QED) is 0.566. The molecule has 0 atom stereocenters. The Bertz CT molecular complexity index is 676. The molecule has 24 heavy (non-hydrogen) atoms. The van der Waals surface area contributed by atoms with Crippen molar-refractivity contribution < 1.29 is 28.1 Å². The average Bonchev–Trinajstić information content (AvgIpc) is 2.98. The second-order valence-electron chi connectivity index (χ2n) is 4.93.